The molecule has 1 aromatic heterocycles. The van der Waals surface area contributed by atoms with Crippen LogP contribution in [0.4, 0.5) is 0 Å². The van der Waals surface area contributed by atoms with E-state index in [1.165, 1.54) is 13.2 Å². The molecule has 2 N–H and O–H groups in total. The normalized spacial score (nSPS) is 11.3. The Morgan fingerprint density at radius 1 is 1.56 bits per heavy atom. The molecule has 0 radical (unpaired) electrons. The third-order valence-corrected chi connectivity index (χ3v) is 2.79. The number of rotatable bonds is 3. The number of aromatic nitrogens is 2. The van der Waals surface area contributed by atoms with Crippen LogP contribution in [-0.2, 0) is 23.1 Å². The highest BCUT2D eigenvalue weighted by atomic mass is 16.5. The highest BCUT2D eigenvalue weighted by Crippen LogP contribution is 2.17. The smallest absolute Gasteiger partial charge is 0.330 e. The van der Waals surface area contributed by atoms with E-state index in [4.69, 9.17) is 5.73 Å². The minimum Gasteiger partial charge on any atom is -0.466 e. The zero-order chi connectivity index (χ0) is 13.1. The predicted molar refractivity (Wildman–Crippen MR) is 69.7 cm³/mol. The third-order valence-electron chi connectivity index (χ3n) is 2.79. The summed E-state index contributed by atoms with van der Waals surface area (Å²) in [5, 5.41) is 0. The summed E-state index contributed by atoms with van der Waals surface area (Å²) in [5.74, 6) is 0.456. The molecule has 2 aromatic rings. The number of methoxy groups -OCH3 is 1. The molecule has 94 valence electrons. The minimum absolute atomic E-state index is 0.376. The molecule has 0 spiro atoms. The fraction of sp³-hybridized carbons (Fsp3) is 0.231. The average Bonchev–Trinajstić information content (AvgIpc) is 2.72. The van der Waals surface area contributed by atoms with Crippen molar-refractivity contribution in [3.05, 3.63) is 35.7 Å². The molecule has 0 saturated heterocycles. The number of fused-ring (bicyclic) bond motifs is 1. The predicted octanol–water partition coefficient (Wildman–Crippen LogP) is 1.22. The van der Waals surface area contributed by atoms with Crippen molar-refractivity contribution in [2.45, 2.75) is 6.54 Å². The van der Waals surface area contributed by atoms with Crippen LogP contribution in [-0.4, -0.2) is 22.6 Å². The van der Waals surface area contributed by atoms with Crippen LogP contribution in [0.3, 0.4) is 0 Å². The summed E-state index contributed by atoms with van der Waals surface area (Å²) in [7, 11) is 3.28. The molecule has 0 saturated carbocycles. The van der Waals surface area contributed by atoms with Crippen molar-refractivity contribution in [1.82, 2.24) is 9.55 Å². The molecule has 0 amide bonds. The molecule has 1 aromatic carbocycles. The van der Waals surface area contributed by atoms with Crippen LogP contribution in [0.5, 0.6) is 0 Å². The van der Waals surface area contributed by atoms with E-state index in [-0.39, 0.29) is 5.97 Å². The summed E-state index contributed by atoms with van der Waals surface area (Å²) in [4.78, 5) is 15.4. The van der Waals surface area contributed by atoms with E-state index in [9.17, 15) is 4.79 Å². The lowest BCUT2D eigenvalue weighted by Gasteiger charge is -1.98. The number of imidazole rings is 1. The second-order valence-corrected chi connectivity index (χ2v) is 3.90. The first-order valence-electron chi connectivity index (χ1n) is 5.57. The van der Waals surface area contributed by atoms with Crippen molar-refractivity contribution in [3.8, 4) is 0 Å². The Bertz CT molecular complexity index is 614. The van der Waals surface area contributed by atoms with Gasteiger partial charge in [-0.1, -0.05) is 6.07 Å². The first-order valence-corrected chi connectivity index (χ1v) is 5.57. The van der Waals surface area contributed by atoms with Gasteiger partial charge in [0.1, 0.15) is 5.82 Å². The van der Waals surface area contributed by atoms with Crippen molar-refractivity contribution < 1.29 is 9.53 Å². The topological polar surface area (TPSA) is 70.1 Å². The Morgan fingerprint density at radius 3 is 3.00 bits per heavy atom. The number of nitrogens with zero attached hydrogens (tertiary/aromatic N) is 2. The van der Waals surface area contributed by atoms with Gasteiger partial charge in [-0.25, -0.2) is 9.78 Å². The summed E-state index contributed by atoms with van der Waals surface area (Å²) in [5.41, 5.74) is 8.39. The van der Waals surface area contributed by atoms with Crippen LogP contribution in [0.1, 0.15) is 11.4 Å². The number of hydrogen-bond acceptors (Lipinski definition) is 4. The largest absolute Gasteiger partial charge is 0.466 e. The van der Waals surface area contributed by atoms with Crippen molar-refractivity contribution in [2.75, 3.05) is 7.11 Å². The average molecular weight is 245 g/mol. The van der Waals surface area contributed by atoms with Gasteiger partial charge in [0, 0.05) is 13.1 Å². The number of hydrogen-bond donors (Lipinski definition) is 1. The number of benzene rings is 1. The van der Waals surface area contributed by atoms with Gasteiger partial charge in [0.15, 0.2) is 0 Å². The summed E-state index contributed by atoms with van der Waals surface area (Å²) >= 11 is 0. The van der Waals surface area contributed by atoms with Gasteiger partial charge in [0.05, 0.1) is 24.7 Å². The molecule has 0 bridgehead atoms. The van der Waals surface area contributed by atoms with Crippen LogP contribution >= 0.6 is 0 Å². The fourth-order valence-corrected chi connectivity index (χ4v) is 1.79. The third kappa shape index (κ3) is 2.26. The zero-order valence-electron chi connectivity index (χ0n) is 10.4. The van der Waals surface area contributed by atoms with Crippen LogP contribution in [0.15, 0.2) is 24.3 Å². The monoisotopic (exact) mass is 245 g/mol. The first-order chi connectivity index (χ1) is 8.65. The van der Waals surface area contributed by atoms with Crippen molar-refractivity contribution in [1.29, 1.82) is 0 Å². The number of carbonyl (C=O) groups excluding carboxylic acids is 1. The minimum atomic E-state index is -0.376. The van der Waals surface area contributed by atoms with Crippen molar-refractivity contribution >= 4 is 23.1 Å². The van der Waals surface area contributed by atoms with Gasteiger partial charge in [-0.15, -0.1) is 0 Å². The van der Waals surface area contributed by atoms with E-state index in [1.807, 2.05) is 29.8 Å². The highest BCUT2D eigenvalue weighted by molar-refractivity contribution is 5.88. The molecule has 0 aliphatic carbocycles. The lowest BCUT2D eigenvalue weighted by molar-refractivity contribution is -0.134. The molecule has 2 rings (SSSR count). The fourth-order valence-electron chi connectivity index (χ4n) is 1.79. The van der Waals surface area contributed by atoms with E-state index in [0.29, 0.717) is 6.54 Å². The second kappa shape index (κ2) is 5.01. The maximum absolute atomic E-state index is 11.0. The number of carbonyl (C=O) groups is 1. The molecule has 0 unspecified atom stereocenters. The van der Waals surface area contributed by atoms with Crippen LogP contribution < -0.4 is 5.73 Å². The van der Waals surface area contributed by atoms with Gasteiger partial charge >= 0.3 is 5.97 Å². The Kier molecular flexibility index (Phi) is 3.43. The Morgan fingerprint density at radius 2 is 2.33 bits per heavy atom. The SMILES string of the molecule is COC(=O)C=Cc1ccc2c(c1)nc(CN)n2C. The van der Waals surface area contributed by atoms with E-state index in [1.54, 1.807) is 6.08 Å². The van der Waals surface area contributed by atoms with Gasteiger partial charge in [0.2, 0.25) is 0 Å². The van der Waals surface area contributed by atoms with Gasteiger partial charge in [-0.05, 0) is 23.8 Å². The van der Waals surface area contributed by atoms with Gasteiger partial charge in [0.25, 0.3) is 0 Å². The quantitative estimate of drug-likeness (QED) is 0.652. The Labute approximate surface area is 105 Å². The van der Waals surface area contributed by atoms with Crippen molar-refractivity contribution in [2.24, 2.45) is 12.8 Å². The molecular formula is C13H15N3O2. The molecule has 1 heterocycles. The summed E-state index contributed by atoms with van der Waals surface area (Å²) in [6, 6.07) is 5.79. The van der Waals surface area contributed by atoms with Crippen LogP contribution in [0, 0.1) is 0 Å². The summed E-state index contributed by atoms with van der Waals surface area (Å²) < 4.78 is 6.50. The molecule has 0 fully saturated rings. The van der Waals surface area contributed by atoms with E-state index in [0.717, 1.165) is 22.4 Å². The highest BCUT2D eigenvalue weighted by Gasteiger charge is 2.05. The lowest BCUT2D eigenvalue weighted by atomic mass is 10.2. The molecule has 5 heteroatoms. The second-order valence-electron chi connectivity index (χ2n) is 3.90. The molecule has 0 aliphatic heterocycles. The van der Waals surface area contributed by atoms with E-state index >= 15 is 0 Å². The Balaban J connectivity index is 2.39. The molecule has 0 atom stereocenters. The molecular weight excluding hydrogens is 230 g/mol. The summed E-state index contributed by atoms with van der Waals surface area (Å²) in [6.07, 6.45) is 3.08. The van der Waals surface area contributed by atoms with Crippen LogP contribution in [0.2, 0.25) is 0 Å². The number of nitrogens with two attached hydrogens (primary N) is 1. The van der Waals surface area contributed by atoms with Gasteiger partial charge in [-0.2, -0.15) is 0 Å². The van der Waals surface area contributed by atoms with Crippen LogP contribution in [0.25, 0.3) is 17.1 Å². The molecule has 18 heavy (non-hydrogen) atoms. The lowest BCUT2D eigenvalue weighted by Crippen LogP contribution is -2.04. The van der Waals surface area contributed by atoms with Crippen molar-refractivity contribution in [3.63, 3.8) is 0 Å². The Hall–Kier alpha value is -2.14. The maximum atomic E-state index is 11.0. The van der Waals surface area contributed by atoms with Gasteiger partial charge < -0.3 is 15.0 Å². The van der Waals surface area contributed by atoms with E-state index < -0.39 is 0 Å². The van der Waals surface area contributed by atoms with E-state index in [2.05, 4.69) is 9.72 Å². The number of aryl methyl sites for hydroxylation is 1. The molecule has 0 aliphatic rings. The molecule has 5 nitrogen and oxygen atoms in total. The summed E-state index contributed by atoms with van der Waals surface area (Å²) in [6.45, 7) is 0.401. The van der Waals surface area contributed by atoms with Gasteiger partial charge in [-0.3, -0.25) is 0 Å². The standard InChI is InChI=1S/C13H15N3O2/c1-16-11-5-3-9(4-6-13(17)18-2)7-10(11)15-12(16)8-14/h3-7H,8,14H2,1-2H3. The maximum Gasteiger partial charge on any atom is 0.330 e. The number of ether oxygens (including phenoxy) is 1. The number of esters is 1. The zero-order valence-corrected chi connectivity index (χ0v) is 10.4. The first kappa shape index (κ1) is 12.3.